The van der Waals surface area contributed by atoms with Gasteiger partial charge in [-0.1, -0.05) is 177 Å². The third-order valence-corrected chi connectivity index (χ3v) is 21.3. The maximum atomic E-state index is 7.67. The Balaban J connectivity index is 0.891. The van der Waals surface area contributed by atoms with E-state index in [1.54, 1.807) is 0 Å². The maximum absolute atomic E-state index is 7.67. The van der Waals surface area contributed by atoms with E-state index in [9.17, 15) is 0 Å². The summed E-state index contributed by atoms with van der Waals surface area (Å²) in [5.74, 6) is 1.62. The molecule has 0 saturated carbocycles. The van der Waals surface area contributed by atoms with Crippen molar-refractivity contribution in [2.75, 3.05) is 4.90 Å². The predicted molar refractivity (Wildman–Crippen MR) is 411 cm³/mol. The molecule has 6 heterocycles. The van der Waals surface area contributed by atoms with Gasteiger partial charge in [0.1, 0.15) is 73.1 Å². The van der Waals surface area contributed by atoms with Gasteiger partial charge in [0.2, 0.25) is 0 Å². The summed E-state index contributed by atoms with van der Waals surface area (Å²) < 4.78 is 26.6. The standard InChI is InChI=1S/C82H59B6N3O3/c1-82(2,3)47-29-34-64(56(41-47)44-16-5-4-6-17-44)91-65-42-48(89-60-24-11-7-18-51(60)52-19-8-12-25-61(52)89)30-32-58(65)88-59-33-31-49(90-62-26-13-9-20-53(62)54-21-10-14-27-63(54)90)43-70(59)93-71-40-46(39-66(91)80(71)88)50-22-15-23-55-73-69(94-81(50)55)37-36-68-74(73)57-38-45(28-35-67(57)92-68)72-75(83)77(85)79(87)78(86)76(72)84/h4-43H,83-87H2,1-3H3. The highest BCUT2D eigenvalue weighted by molar-refractivity contribution is 6.99. The molecule has 0 unspecified atom stereocenters. The molecule has 19 rings (SSSR count). The second kappa shape index (κ2) is 20.0. The zero-order valence-corrected chi connectivity index (χ0v) is 53.7. The summed E-state index contributed by atoms with van der Waals surface area (Å²) in [4.78, 5) is 2.55. The lowest BCUT2D eigenvalue weighted by atomic mass is 9.34. The van der Waals surface area contributed by atoms with Gasteiger partial charge < -0.3 is 27.6 Å². The van der Waals surface area contributed by atoms with Crippen molar-refractivity contribution in [3.63, 3.8) is 0 Å². The Morgan fingerprint density at radius 2 is 0.915 bits per heavy atom. The first-order valence-electron chi connectivity index (χ1n) is 32.8. The minimum atomic E-state index is -0.211. The first-order valence-corrected chi connectivity index (χ1v) is 32.8. The quantitative estimate of drug-likeness (QED) is 0.156. The zero-order chi connectivity index (χ0) is 63.2. The molecule has 0 radical (unpaired) electrons. The molecule has 2 aliphatic heterocycles. The third kappa shape index (κ3) is 7.80. The van der Waals surface area contributed by atoms with Crippen molar-refractivity contribution in [1.29, 1.82) is 0 Å². The van der Waals surface area contributed by atoms with Gasteiger partial charge in [-0.3, -0.25) is 0 Å². The van der Waals surface area contributed by atoms with Crippen molar-refractivity contribution in [2.24, 2.45) is 0 Å². The average Bonchev–Trinajstić information content (AvgIpc) is 0.906. The summed E-state index contributed by atoms with van der Waals surface area (Å²) in [5.41, 5.74) is 31.1. The number of ether oxygens (including phenoxy) is 1. The summed E-state index contributed by atoms with van der Waals surface area (Å²) in [6, 6.07) is 89.5. The van der Waals surface area contributed by atoms with E-state index >= 15 is 0 Å². The number of aromatic nitrogens is 2. The van der Waals surface area contributed by atoms with Crippen LogP contribution in [0.2, 0.25) is 0 Å². The molecule has 0 atom stereocenters. The van der Waals surface area contributed by atoms with Crippen LogP contribution in [-0.2, 0) is 5.41 Å². The number of nitrogens with zero attached hydrogens (tertiary/aromatic N) is 3. The fourth-order valence-electron chi connectivity index (χ4n) is 16.3. The lowest BCUT2D eigenvalue weighted by Gasteiger charge is -2.41. The molecule has 438 valence electrons. The van der Waals surface area contributed by atoms with Crippen molar-refractivity contribution >= 4 is 194 Å². The van der Waals surface area contributed by atoms with Crippen molar-refractivity contribution in [1.82, 2.24) is 9.13 Å². The molecule has 6 nitrogen and oxygen atoms in total. The van der Waals surface area contributed by atoms with Gasteiger partial charge >= 0.3 is 0 Å². The second-order valence-corrected chi connectivity index (χ2v) is 27.2. The minimum absolute atomic E-state index is 0.120. The van der Waals surface area contributed by atoms with Crippen LogP contribution in [0.4, 0.5) is 17.1 Å². The highest BCUT2D eigenvalue weighted by Crippen LogP contribution is 2.50. The number of anilines is 3. The Labute approximate surface area is 549 Å². The van der Waals surface area contributed by atoms with Crippen molar-refractivity contribution in [3.8, 4) is 56.3 Å². The molecule has 0 N–H and O–H groups in total. The van der Waals surface area contributed by atoms with Crippen LogP contribution >= 0.6 is 0 Å². The Morgan fingerprint density at radius 3 is 1.55 bits per heavy atom. The Morgan fingerprint density at radius 1 is 0.362 bits per heavy atom. The van der Waals surface area contributed by atoms with E-state index in [-0.39, 0.29) is 12.1 Å². The van der Waals surface area contributed by atoms with Gasteiger partial charge in [0.15, 0.2) is 0 Å². The lowest BCUT2D eigenvalue weighted by molar-refractivity contribution is 0.487. The number of benzene rings is 13. The molecule has 4 aromatic heterocycles. The van der Waals surface area contributed by atoms with Crippen LogP contribution in [-0.4, -0.2) is 55.1 Å². The number of furan rings is 2. The number of hydrogen-bond acceptors (Lipinski definition) is 4. The van der Waals surface area contributed by atoms with Crippen molar-refractivity contribution in [3.05, 3.63) is 248 Å². The summed E-state index contributed by atoms with van der Waals surface area (Å²) in [7, 11) is 11.3. The molecular formula is C82H59B6N3O3. The van der Waals surface area contributed by atoms with Gasteiger partial charge in [-0.05, 0) is 141 Å². The van der Waals surface area contributed by atoms with E-state index in [0.717, 1.165) is 139 Å². The fourth-order valence-corrected chi connectivity index (χ4v) is 16.3. The first kappa shape index (κ1) is 54.8. The van der Waals surface area contributed by atoms with E-state index in [0.29, 0.717) is 0 Å². The molecule has 0 aliphatic carbocycles. The van der Waals surface area contributed by atoms with Gasteiger partial charge in [0, 0.05) is 83.0 Å². The van der Waals surface area contributed by atoms with Crippen LogP contribution in [0.5, 0.6) is 11.5 Å². The van der Waals surface area contributed by atoms with Gasteiger partial charge in [-0.2, -0.15) is 0 Å². The topological polar surface area (TPSA) is 48.6 Å². The Kier molecular flexibility index (Phi) is 11.7. The van der Waals surface area contributed by atoms with Gasteiger partial charge in [0.05, 0.1) is 27.8 Å². The van der Waals surface area contributed by atoms with E-state index in [2.05, 4.69) is 317 Å². The van der Waals surface area contributed by atoms with Crippen LogP contribution < -0.4 is 53.3 Å². The smallest absolute Gasteiger partial charge is 0.256 e. The molecule has 2 aliphatic rings. The summed E-state index contributed by atoms with van der Waals surface area (Å²) in [5, 5.41) is 9.05. The first-order chi connectivity index (χ1) is 45.8. The van der Waals surface area contributed by atoms with E-state index in [4.69, 9.17) is 13.6 Å². The molecule has 17 aromatic rings. The molecule has 0 fully saturated rings. The number of rotatable bonds is 6. The van der Waals surface area contributed by atoms with E-state index < -0.39 is 0 Å². The summed E-state index contributed by atoms with van der Waals surface area (Å²) in [6.07, 6.45) is 0. The summed E-state index contributed by atoms with van der Waals surface area (Å²) in [6.45, 7) is 6.71. The largest absolute Gasteiger partial charge is 0.458 e. The van der Waals surface area contributed by atoms with Crippen molar-refractivity contribution in [2.45, 2.75) is 26.2 Å². The van der Waals surface area contributed by atoms with Crippen LogP contribution in [0.25, 0.3) is 132 Å². The molecule has 0 amide bonds. The highest BCUT2D eigenvalue weighted by Gasteiger charge is 2.44. The molecule has 0 bridgehead atoms. The van der Waals surface area contributed by atoms with Gasteiger partial charge in [-0.25, -0.2) is 0 Å². The summed E-state index contributed by atoms with van der Waals surface area (Å²) >= 11 is 0. The average molecular weight is 1200 g/mol. The predicted octanol–water partition coefficient (Wildman–Crippen LogP) is 11.7. The van der Waals surface area contributed by atoms with Crippen LogP contribution in [0.3, 0.4) is 0 Å². The van der Waals surface area contributed by atoms with Crippen LogP contribution in [0, 0.1) is 0 Å². The maximum Gasteiger partial charge on any atom is 0.256 e. The highest BCUT2D eigenvalue weighted by atomic mass is 16.5. The molecule has 0 spiro atoms. The molecule has 94 heavy (non-hydrogen) atoms. The Bertz CT molecular complexity index is 6030. The number of para-hydroxylation sites is 5. The lowest BCUT2D eigenvalue weighted by Crippen LogP contribution is -2.59. The van der Waals surface area contributed by atoms with Crippen LogP contribution in [0.15, 0.2) is 251 Å². The SMILES string of the molecule is Bc1c(B)c(B)c(-c2ccc3oc4ccc5oc6c(-c7cc8c9c(c7)N(c7ccc(C(C)(C)C)cc7-c7ccccc7)c7cc(-n%10c%11ccccc%11c%11ccccc%11%10)ccc7B9c7ccc(-n9c%10ccccc%10c%10ccccc%109)cc7O8)cccc6c5c4c3c2)c(B)c1B. The fraction of sp³-hybridized carbons (Fsp3) is 0.0488. The zero-order valence-electron chi connectivity index (χ0n) is 53.7. The molecule has 0 saturated heterocycles. The van der Waals surface area contributed by atoms with Gasteiger partial charge in [-0.15, -0.1) is 16.4 Å². The number of fused-ring (bicyclic) bond motifs is 17. The minimum Gasteiger partial charge on any atom is -0.458 e. The monoisotopic (exact) mass is 1200 g/mol. The van der Waals surface area contributed by atoms with Crippen LogP contribution in [0.1, 0.15) is 26.3 Å². The van der Waals surface area contributed by atoms with Gasteiger partial charge in [0.25, 0.3) is 6.71 Å². The normalized spacial score (nSPS) is 12.9. The number of hydrogen-bond donors (Lipinski definition) is 0. The van der Waals surface area contributed by atoms with E-state index in [1.165, 1.54) is 71.0 Å². The third-order valence-electron chi connectivity index (χ3n) is 21.3. The second-order valence-electron chi connectivity index (χ2n) is 27.2. The molecular weight excluding hydrogens is 1140 g/mol. The molecule has 13 aromatic carbocycles. The Hall–Kier alpha value is -11.0. The molecule has 12 heteroatoms. The van der Waals surface area contributed by atoms with E-state index in [1.807, 2.05) is 0 Å². The van der Waals surface area contributed by atoms with Crippen molar-refractivity contribution < 1.29 is 13.6 Å².